The van der Waals surface area contributed by atoms with E-state index in [9.17, 15) is 14.0 Å². The summed E-state index contributed by atoms with van der Waals surface area (Å²) >= 11 is 0. The zero-order valence-corrected chi connectivity index (χ0v) is 18.1. The smallest absolute Gasteiger partial charge is 0.267 e. The van der Waals surface area contributed by atoms with Crippen molar-refractivity contribution >= 4 is 22.9 Å². The summed E-state index contributed by atoms with van der Waals surface area (Å²) in [5.74, 6) is -0.582. The van der Waals surface area contributed by atoms with E-state index < -0.39 is 17.3 Å². The van der Waals surface area contributed by atoms with Gasteiger partial charge in [0.2, 0.25) is 0 Å². The number of aryl methyl sites for hydroxylation is 1. The van der Waals surface area contributed by atoms with Gasteiger partial charge < -0.3 is 11.1 Å². The molecule has 1 amide bonds. The number of aromatic nitrogens is 4. The van der Waals surface area contributed by atoms with Gasteiger partial charge in [0, 0.05) is 28.8 Å². The first-order chi connectivity index (χ1) is 16.4. The maximum Gasteiger partial charge on any atom is 0.267 e. The molecule has 0 saturated heterocycles. The SMILES string of the molecule is Cc1cc(-c2ccc(NC(=O)c3cccn(-c4ccc(F)cc4)c3=O)cc2)c2c(N)ncnn12. The lowest BCUT2D eigenvalue weighted by molar-refractivity contribution is 0.102. The molecule has 0 bridgehead atoms. The summed E-state index contributed by atoms with van der Waals surface area (Å²) in [6, 6.07) is 17.6. The number of hydrogen-bond acceptors (Lipinski definition) is 5. The Morgan fingerprint density at radius 3 is 2.53 bits per heavy atom. The molecule has 0 fully saturated rings. The van der Waals surface area contributed by atoms with Gasteiger partial charge in [0.1, 0.15) is 23.2 Å². The number of halogens is 1. The van der Waals surface area contributed by atoms with Gasteiger partial charge >= 0.3 is 0 Å². The summed E-state index contributed by atoms with van der Waals surface area (Å²) in [7, 11) is 0. The molecular weight excluding hydrogens is 435 g/mol. The number of carbonyl (C=O) groups is 1. The molecule has 0 unspecified atom stereocenters. The molecule has 3 N–H and O–H groups in total. The largest absolute Gasteiger partial charge is 0.382 e. The molecular formula is C25H19FN6O2. The predicted octanol–water partition coefficient (Wildman–Crippen LogP) is 3.83. The van der Waals surface area contributed by atoms with Gasteiger partial charge in [0.05, 0.1) is 0 Å². The van der Waals surface area contributed by atoms with E-state index in [1.54, 1.807) is 22.7 Å². The van der Waals surface area contributed by atoms with Crippen molar-refractivity contribution in [2.24, 2.45) is 0 Å². The standard InChI is InChI=1S/C25H19FN6O2/c1-15-13-21(22-23(27)28-14-29-32(15)22)16-4-8-18(9-5-16)30-24(33)20-3-2-12-31(25(20)34)19-10-6-17(26)7-11-19/h2-14H,1H3,(H,30,33)(H2,27,28,29). The van der Waals surface area contributed by atoms with Crippen molar-refractivity contribution in [1.29, 1.82) is 0 Å². The van der Waals surface area contributed by atoms with Gasteiger partial charge in [-0.05, 0) is 67.1 Å². The lowest BCUT2D eigenvalue weighted by Gasteiger charge is -2.09. The van der Waals surface area contributed by atoms with Crippen molar-refractivity contribution < 1.29 is 9.18 Å². The number of nitrogen functional groups attached to an aromatic ring is 1. The van der Waals surface area contributed by atoms with Crippen LogP contribution in [-0.2, 0) is 0 Å². The Kier molecular flexibility index (Phi) is 5.14. The van der Waals surface area contributed by atoms with Gasteiger partial charge in [-0.3, -0.25) is 14.2 Å². The number of nitrogens with one attached hydrogen (secondary N) is 1. The van der Waals surface area contributed by atoms with Crippen molar-refractivity contribution in [2.45, 2.75) is 6.92 Å². The molecule has 0 aliphatic rings. The molecule has 0 spiro atoms. The molecule has 3 heterocycles. The van der Waals surface area contributed by atoms with Crippen molar-refractivity contribution in [3.63, 3.8) is 0 Å². The number of carbonyl (C=O) groups excluding carboxylic acids is 1. The molecule has 34 heavy (non-hydrogen) atoms. The quantitative estimate of drug-likeness (QED) is 0.429. The molecule has 0 aliphatic carbocycles. The number of nitrogens with zero attached hydrogens (tertiary/aromatic N) is 4. The Morgan fingerprint density at radius 2 is 1.79 bits per heavy atom. The summed E-state index contributed by atoms with van der Waals surface area (Å²) in [4.78, 5) is 29.8. The van der Waals surface area contributed by atoms with E-state index >= 15 is 0 Å². The Morgan fingerprint density at radius 1 is 1.06 bits per heavy atom. The van der Waals surface area contributed by atoms with Crippen LogP contribution in [0.25, 0.3) is 22.3 Å². The third-order valence-corrected chi connectivity index (χ3v) is 5.51. The monoisotopic (exact) mass is 454 g/mol. The summed E-state index contributed by atoms with van der Waals surface area (Å²) in [6.45, 7) is 1.93. The number of hydrogen-bond donors (Lipinski definition) is 2. The minimum Gasteiger partial charge on any atom is -0.382 e. The number of pyridine rings is 1. The van der Waals surface area contributed by atoms with Crippen molar-refractivity contribution in [1.82, 2.24) is 19.2 Å². The first kappa shape index (κ1) is 21.1. The number of fused-ring (bicyclic) bond motifs is 1. The van der Waals surface area contributed by atoms with Crippen LogP contribution in [0.2, 0.25) is 0 Å². The van der Waals surface area contributed by atoms with Crippen LogP contribution in [0.3, 0.4) is 0 Å². The Bertz CT molecular complexity index is 1590. The number of nitrogens with two attached hydrogens (primary N) is 1. The van der Waals surface area contributed by atoms with Crippen LogP contribution >= 0.6 is 0 Å². The van der Waals surface area contributed by atoms with Gasteiger partial charge in [0.25, 0.3) is 11.5 Å². The molecule has 3 aromatic heterocycles. The summed E-state index contributed by atoms with van der Waals surface area (Å²) in [6.07, 6.45) is 2.94. The summed E-state index contributed by atoms with van der Waals surface area (Å²) in [5.41, 5.74) is 9.89. The number of benzene rings is 2. The lowest BCUT2D eigenvalue weighted by atomic mass is 10.1. The minimum absolute atomic E-state index is 0.0325. The Balaban J connectivity index is 1.41. The molecule has 168 valence electrons. The Hall–Kier alpha value is -4.79. The van der Waals surface area contributed by atoms with Crippen LogP contribution in [0.1, 0.15) is 16.1 Å². The van der Waals surface area contributed by atoms with Gasteiger partial charge in [0.15, 0.2) is 5.82 Å². The molecule has 9 heteroatoms. The fraction of sp³-hybridized carbons (Fsp3) is 0.0400. The van der Waals surface area contributed by atoms with Gasteiger partial charge in [-0.1, -0.05) is 12.1 Å². The van der Waals surface area contributed by atoms with Crippen LogP contribution in [0.15, 0.2) is 84.0 Å². The van der Waals surface area contributed by atoms with Crippen LogP contribution in [0, 0.1) is 12.7 Å². The number of amides is 1. The number of rotatable bonds is 4. The third kappa shape index (κ3) is 3.69. The van der Waals surface area contributed by atoms with E-state index in [0.29, 0.717) is 22.7 Å². The van der Waals surface area contributed by atoms with Crippen LogP contribution in [0.4, 0.5) is 15.9 Å². The van der Waals surface area contributed by atoms with E-state index in [0.717, 1.165) is 16.8 Å². The fourth-order valence-electron chi connectivity index (χ4n) is 3.85. The van der Waals surface area contributed by atoms with Crippen molar-refractivity contribution in [2.75, 3.05) is 11.1 Å². The highest BCUT2D eigenvalue weighted by Crippen LogP contribution is 2.30. The number of anilines is 2. The second-order valence-electron chi connectivity index (χ2n) is 7.71. The second-order valence-corrected chi connectivity index (χ2v) is 7.71. The highest BCUT2D eigenvalue weighted by atomic mass is 19.1. The molecule has 0 saturated carbocycles. The summed E-state index contributed by atoms with van der Waals surface area (Å²) in [5, 5.41) is 6.99. The average Bonchev–Trinajstić information content (AvgIpc) is 3.18. The lowest BCUT2D eigenvalue weighted by Crippen LogP contribution is -2.27. The maximum absolute atomic E-state index is 13.2. The molecule has 0 radical (unpaired) electrons. The van der Waals surface area contributed by atoms with E-state index in [1.807, 2.05) is 25.1 Å². The molecule has 5 rings (SSSR count). The first-order valence-electron chi connectivity index (χ1n) is 10.4. The van der Waals surface area contributed by atoms with Crippen LogP contribution in [-0.4, -0.2) is 25.1 Å². The minimum atomic E-state index is -0.544. The van der Waals surface area contributed by atoms with Gasteiger partial charge in [-0.25, -0.2) is 13.9 Å². The zero-order valence-electron chi connectivity index (χ0n) is 18.1. The normalized spacial score (nSPS) is 11.0. The van der Waals surface area contributed by atoms with E-state index in [4.69, 9.17) is 5.73 Å². The summed E-state index contributed by atoms with van der Waals surface area (Å²) < 4.78 is 16.2. The van der Waals surface area contributed by atoms with Gasteiger partial charge in [-0.15, -0.1) is 0 Å². The fourth-order valence-corrected chi connectivity index (χ4v) is 3.85. The second kappa shape index (κ2) is 8.28. The maximum atomic E-state index is 13.2. The molecule has 0 aliphatic heterocycles. The highest BCUT2D eigenvalue weighted by Gasteiger charge is 2.15. The predicted molar refractivity (Wildman–Crippen MR) is 128 cm³/mol. The first-order valence-corrected chi connectivity index (χ1v) is 10.4. The van der Waals surface area contributed by atoms with E-state index in [1.165, 1.54) is 47.4 Å². The van der Waals surface area contributed by atoms with Crippen molar-refractivity contribution in [3.05, 3.63) is 107 Å². The topological polar surface area (TPSA) is 107 Å². The molecule has 2 aromatic carbocycles. The molecule has 5 aromatic rings. The van der Waals surface area contributed by atoms with E-state index in [-0.39, 0.29) is 5.56 Å². The van der Waals surface area contributed by atoms with Gasteiger partial charge in [-0.2, -0.15) is 5.10 Å². The highest BCUT2D eigenvalue weighted by molar-refractivity contribution is 6.04. The van der Waals surface area contributed by atoms with Crippen molar-refractivity contribution in [3.8, 4) is 16.8 Å². The average molecular weight is 454 g/mol. The van der Waals surface area contributed by atoms with Crippen LogP contribution < -0.4 is 16.6 Å². The third-order valence-electron chi connectivity index (χ3n) is 5.51. The molecule has 8 nitrogen and oxygen atoms in total. The van der Waals surface area contributed by atoms with Crippen LogP contribution in [0.5, 0.6) is 0 Å². The zero-order chi connectivity index (χ0) is 23.8. The van der Waals surface area contributed by atoms with E-state index in [2.05, 4.69) is 15.4 Å². The Labute approximate surface area is 193 Å². The molecule has 0 atom stereocenters.